The van der Waals surface area contributed by atoms with Gasteiger partial charge in [0.1, 0.15) is 24.2 Å². The molecule has 2 aromatic rings. The van der Waals surface area contributed by atoms with E-state index in [9.17, 15) is 28.8 Å². The number of halogens is 2. The van der Waals surface area contributed by atoms with Crippen molar-refractivity contribution >= 4 is 60.3 Å². The first kappa shape index (κ1) is 54.4. The number of benzene rings is 2. The maximum absolute atomic E-state index is 14.4. The average Bonchev–Trinajstić information content (AvgIpc) is 3.33. The number of likely N-dealkylation sites (N-methyl/N-ethyl adjacent to an activating group) is 2. The van der Waals surface area contributed by atoms with Crippen LogP contribution in [0, 0.1) is 0 Å². The number of aryl methyl sites for hydroxylation is 2. The lowest BCUT2D eigenvalue weighted by Gasteiger charge is -2.38. The number of likely N-dealkylation sites (tertiary alicyclic amines) is 2. The standard InChI is InChI=1S/C50H74N8O6.2ClH/c1-33(51-3)45(59)55-41(49(63)57-31-15-13-29-43(57)47(61)53-39-27-17-21-35-19-9-11-23-37(35)39)25-7-5-6-8-26-42(56-46(60)34(2)52-4)50(64)58-32-16-14-30-44(58)48(62)54-40-28-18-22-36-20-10-12-24-38(36)40;;/h9-12,19-20,23-24,33-34,39-44,51-52H,5-8,13-18,21-22,25-32H2,1-4H3,(H,53,61)(H,54,62)(H,55,59)(H,56,60);2*1H/t33-,34-,39+,40+,41-,42-,43-,44-;;/m0../s1. The number of nitrogens with zero attached hydrogens (tertiary/aromatic N) is 2. The Morgan fingerprint density at radius 2 is 0.939 bits per heavy atom. The average molecular weight is 956 g/mol. The van der Waals surface area contributed by atoms with Gasteiger partial charge in [0.2, 0.25) is 35.4 Å². The third-order valence-corrected chi connectivity index (χ3v) is 14.2. The molecule has 6 rings (SSSR count). The largest absolute Gasteiger partial charge is 0.347 e. The fourth-order valence-corrected chi connectivity index (χ4v) is 10.1. The number of amides is 6. The van der Waals surface area contributed by atoms with Gasteiger partial charge in [0.15, 0.2) is 0 Å². The summed E-state index contributed by atoms with van der Waals surface area (Å²) in [4.78, 5) is 86.5. The summed E-state index contributed by atoms with van der Waals surface area (Å²) in [7, 11) is 3.40. The molecule has 2 heterocycles. The molecule has 2 aliphatic heterocycles. The van der Waals surface area contributed by atoms with Crippen LogP contribution in [0.25, 0.3) is 0 Å². The molecule has 0 saturated carbocycles. The van der Waals surface area contributed by atoms with E-state index in [0.29, 0.717) is 51.6 Å². The number of hydrogen-bond acceptors (Lipinski definition) is 8. The Hall–Kier alpha value is -4.24. The number of unbranched alkanes of at least 4 members (excludes halogenated alkanes) is 3. The Labute approximate surface area is 404 Å². The van der Waals surface area contributed by atoms with E-state index in [0.717, 1.165) is 88.2 Å². The highest BCUT2D eigenvalue weighted by Gasteiger charge is 2.39. The third-order valence-electron chi connectivity index (χ3n) is 14.2. The Morgan fingerprint density at radius 3 is 1.33 bits per heavy atom. The second kappa shape index (κ2) is 26.9. The fraction of sp³-hybridized carbons (Fsp3) is 0.640. The SMILES string of the molecule is CN[C@@H](C)C(=O)N[C@@H](CCCCCC[C@H](NC(=O)[C@H](C)NC)C(=O)N1CCCC[C@H]1C(=O)N[C@@H]1CCCc2ccccc21)C(=O)N1CCCC[C@H]1C(=O)N[C@@H]1CCCc2ccccc21.Cl.Cl. The number of carbonyl (C=O) groups is 6. The van der Waals surface area contributed by atoms with Crippen LogP contribution in [0.1, 0.15) is 151 Å². The molecule has 0 radical (unpaired) electrons. The van der Waals surface area contributed by atoms with Crippen LogP contribution in [0.5, 0.6) is 0 Å². The molecule has 0 spiro atoms. The van der Waals surface area contributed by atoms with Gasteiger partial charge in [0.05, 0.1) is 24.2 Å². The van der Waals surface area contributed by atoms with E-state index in [1.54, 1.807) is 37.7 Å². The van der Waals surface area contributed by atoms with Gasteiger partial charge < -0.3 is 41.7 Å². The molecule has 2 aromatic carbocycles. The summed E-state index contributed by atoms with van der Waals surface area (Å²) in [6.07, 6.45) is 13.6. The topological polar surface area (TPSA) is 181 Å². The summed E-state index contributed by atoms with van der Waals surface area (Å²) in [6, 6.07) is 12.5. The van der Waals surface area contributed by atoms with E-state index >= 15 is 0 Å². The summed E-state index contributed by atoms with van der Waals surface area (Å²) < 4.78 is 0. The van der Waals surface area contributed by atoms with Crippen molar-refractivity contribution in [1.82, 2.24) is 41.7 Å². The quantitative estimate of drug-likeness (QED) is 0.0999. The van der Waals surface area contributed by atoms with E-state index < -0.39 is 36.3 Å². The van der Waals surface area contributed by atoms with Gasteiger partial charge in [-0.3, -0.25) is 28.8 Å². The molecule has 8 atom stereocenters. The van der Waals surface area contributed by atoms with E-state index in [1.807, 2.05) is 24.3 Å². The Balaban J connectivity index is 0.00000476. The third kappa shape index (κ3) is 14.1. The second-order valence-corrected chi connectivity index (χ2v) is 18.5. The normalized spacial score (nSPS) is 22.0. The molecule has 0 unspecified atom stereocenters. The predicted octanol–water partition coefficient (Wildman–Crippen LogP) is 5.51. The van der Waals surface area contributed by atoms with Crippen LogP contribution in [-0.2, 0) is 41.6 Å². The van der Waals surface area contributed by atoms with E-state index in [4.69, 9.17) is 0 Å². The van der Waals surface area contributed by atoms with Crippen LogP contribution in [0.3, 0.4) is 0 Å². The molecule has 366 valence electrons. The number of nitrogens with one attached hydrogen (secondary N) is 6. The molecule has 4 aliphatic rings. The zero-order valence-corrected chi connectivity index (χ0v) is 41.2. The number of carbonyl (C=O) groups excluding carboxylic acids is 6. The molecule has 2 fully saturated rings. The molecule has 16 heteroatoms. The minimum absolute atomic E-state index is 0. The summed E-state index contributed by atoms with van der Waals surface area (Å²) in [5.41, 5.74) is 4.80. The van der Waals surface area contributed by atoms with Gasteiger partial charge in [-0.2, -0.15) is 0 Å². The van der Waals surface area contributed by atoms with Gasteiger partial charge in [-0.25, -0.2) is 0 Å². The van der Waals surface area contributed by atoms with Crippen LogP contribution in [0.4, 0.5) is 0 Å². The molecule has 2 saturated heterocycles. The number of rotatable bonds is 19. The highest BCUT2D eigenvalue weighted by molar-refractivity contribution is 5.94. The van der Waals surface area contributed by atoms with Crippen LogP contribution in [-0.4, -0.2) is 109 Å². The number of hydrogen-bond donors (Lipinski definition) is 6. The zero-order valence-electron chi connectivity index (χ0n) is 39.5. The summed E-state index contributed by atoms with van der Waals surface area (Å²) in [5.74, 6) is -1.32. The van der Waals surface area contributed by atoms with Crippen molar-refractivity contribution in [2.24, 2.45) is 0 Å². The maximum Gasteiger partial charge on any atom is 0.245 e. The van der Waals surface area contributed by atoms with Crippen molar-refractivity contribution < 1.29 is 28.8 Å². The molecule has 6 N–H and O–H groups in total. The van der Waals surface area contributed by atoms with Crippen LogP contribution < -0.4 is 31.9 Å². The monoisotopic (exact) mass is 955 g/mol. The van der Waals surface area contributed by atoms with Gasteiger partial charge in [-0.05, 0) is 140 Å². The molecular weight excluding hydrogens is 880 g/mol. The Morgan fingerprint density at radius 1 is 0.545 bits per heavy atom. The van der Waals surface area contributed by atoms with E-state index in [-0.39, 0.29) is 72.3 Å². The van der Waals surface area contributed by atoms with Crippen LogP contribution in [0.2, 0.25) is 0 Å². The fourth-order valence-electron chi connectivity index (χ4n) is 10.1. The van der Waals surface area contributed by atoms with Gasteiger partial charge in [0, 0.05) is 13.1 Å². The minimum Gasteiger partial charge on any atom is -0.347 e. The predicted molar refractivity (Wildman–Crippen MR) is 262 cm³/mol. The summed E-state index contributed by atoms with van der Waals surface area (Å²) >= 11 is 0. The number of piperidine rings is 2. The van der Waals surface area contributed by atoms with Crippen molar-refractivity contribution in [1.29, 1.82) is 0 Å². The molecule has 0 aromatic heterocycles. The highest BCUT2D eigenvalue weighted by atomic mass is 35.5. The molecule has 2 aliphatic carbocycles. The van der Waals surface area contributed by atoms with Crippen molar-refractivity contribution in [3.8, 4) is 0 Å². The van der Waals surface area contributed by atoms with Crippen molar-refractivity contribution in [2.75, 3.05) is 27.2 Å². The van der Waals surface area contributed by atoms with E-state index in [2.05, 4.69) is 56.2 Å². The lowest BCUT2D eigenvalue weighted by atomic mass is 9.87. The van der Waals surface area contributed by atoms with Crippen molar-refractivity contribution in [2.45, 2.75) is 178 Å². The second-order valence-electron chi connectivity index (χ2n) is 18.5. The van der Waals surface area contributed by atoms with Crippen LogP contribution in [0.15, 0.2) is 48.5 Å². The molecule has 0 bridgehead atoms. The molecular formula is C50H76Cl2N8O6. The molecule has 6 amide bonds. The highest BCUT2D eigenvalue weighted by Crippen LogP contribution is 2.32. The van der Waals surface area contributed by atoms with Gasteiger partial charge in [-0.15, -0.1) is 24.8 Å². The minimum atomic E-state index is -0.798. The maximum atomic E-state index is 14.4. The van der Waals surface area contributed by atoms with Gasteiger partial charge >= 0.3 is 0 Å². The summed E-state index contributed by atoms with van der Waals surface area (Å²) in [5, 5.41) is 18.5. The Bertz CT molecular complexity index is 1800. The first-order valence-corrected chi connectivity index (χ1v) is 24.3. The van der Waals surface area contributed by atoms with Gasteiger partial charge in [0.25, 0.3) is 0 Å². The molecule has 14 nitrogen and oxygen atoms in total. The smallest absolute Gasteiger partial charge is 0.245 e. The van der Waals surface area contributed by atoms with Crippen molar-refractivity contribution in [3.05, 3.63) is 70.8 Å². The van der Waals surface area contributed by atoms with Gasteiger partial charge in [-0.1, -0.05) is 74.2 Å². The lowest BCUT2D eigenvalue weighted by Crippen LogP contribution is -2.59. The zero-order chi connectivity index (χ0) is 45.6. The van der Waals surface area contributed by atoms with Crippen molar-refractivity contribution in [3.63, 3.8) is 0 Å². The lowest BCUT2D eigenvalue weighted by molar-refractivity contribution is -0.145. The summed E-state index contributed by atoms with van der Waals surface area (Å²) in [6.45, 7) is 4.40. The first-order valence-electron chi connectivity index (χ1n) is 24.3. The van der Waals surface area contributed by atoms with Crippen LogP contribution >= 0.6 is 24.8 Å². The number of fused-ring (bicyclic) bond motifs is 2. The molecule has 66 heavy (non-hydrogen) atoms. The van der Waals surface area contributed by atoms with E-state index in [1.165, 1.54) is 11.1 Å². The first-order chi connectivity index (χ1) is 31.0. The Kier molecular flexibility index (Phi) is 22.2.